The molecule has 1 heterocycles. The Balaban J connectivity index is 2.35. The fourth-order valence-corrected chi connectivity index (χ4v) is 1.64. The average molecular weight is 135 g/mol. The third-order valence-electron chi connectivity index (χ3n) is 0.894. The first-order chi connectivity index (χ1) is 3.80. The van der Waals surface area contributed by atoms with Crippen LogP contribution in [0, 0.1) is 0 Å². The summed E-state index contributed by atoms with van der Waals surface area (Å²) in [6.45, 7) is 0.620. The van der Waals surface area contributed by atoms with Gasteiger partial charge in [-0.2, -0.15) is 8.98 Å². The highest BCUT2D eigenvalue weighted by Crippen LogP contribution is 2.10. The normalized spacial score (nSPS) is 28.2. The lowest BCUT2D eigenvalue weighted by Crippen LogP contribution is -2.12. The Bertz CT molecular complexity index is 97.5. The summed E-state index contributed by atoms with van der Waals surface area (Å²) in [5.74, 6) is 0.704. The molecule has 0 spiro atoms. The van der Waals surface area contributed by atoms with Gasteiger partial charge < -0.3 is 5.11 Å². The maximum atomic E-state index is 10.1. The van der Waals surface area contributed by atoms with Gasteiger partial charge in [0.15, 0.2) is 5.75 Å². The van der Waals surface area contributed by atoms with Gasteiger partial charge in [0.1, 0.15) is 6.61 Å². The molecule has 0 aliphatic carbocycles. The standard InChI is InChI=1S/C4H6O3S/c5-4(6)8-3-1-2-7-8/h1-3H2/p+1. The van der Waals surface area contributed by atoms with Crippen LogP contribution >= 0.6 is 0 Å². The summed E-state index contributed by atoms with van der Waals surface area (Å²) in [4.78, 5) is 10.1. The van der Waals surface area contributed by atoms with Crippen molar-refractivity contribution in [3.05, 3.63) is 0 Å². The number of hydrogen-bond acceptors (Lipinski definition) is 2. The van der Waals surface area contributed by atoms with Gasteiger partial charge in [-0.05, 0) is 0 Å². The number of carboxylic acid groups (broad SMARTS) is 1. The zero-order chi connectivity index (χ0) is 5.98. The van der Waals surface area contributed by atoms with Crippen molar-refractivity contribution in [2.45, 2.75) is 6.42 Å². The highest BCUT2D eigenvalue weighted by Gasteiger charge is 2.36. The Morgan fingerprint density at radius 3 is 2.75 bits per heavy atom. The van der Waals surface area contributed by atoms with E-state index in [-0.39, 0.29) is 0 Å². The van der Waals surface area contributed by atoms with Gasteiger partial charge in [-0.3, -0.25) is 0 Å². The highest BCUT2D eigenvalue weighted by atomic mass is 32.2. The van der Waals surface area contributed by atoms with Crippen LogP contribution in [0.4, 0.5) is 4.79 Å². The lowest BCUT2D eigenvalue weighted by atomic mass is 10.5. The Morgan fingerprint density at radius 1 is 1.75 bits per heavy atom. The first-order valence-electron chi connectivity index (χ1n) is 2.38. The maximum absolute atomic E-state index is 10.1. The van der Waals surface area contributed by atoms with Crippen LogP contribution in [0.3, 0.4) is 0 Å². The predicted octanol–water partition coefficient (Wildman–Crippen LogP) is 0.618. The zero-order valence-corrected chi connectivity index (χ0v) is 5.11. The third kappa shape index (κ3) is 1.14. The van der Waals surface area contributed by atoms with Crippen LogP contribution in [0.25, 0.3) is 0 Å². The molecule has 1 fully saturated rings. The summed E-state index contributed by atoms with van der Waals surface area (Å²) in [5, 5.41) is 7.50. The minimum atomic E-state index is -0.803. The first kappa shape index (κ1) is 5.91. The van der Waals surface area contributed by atoms with Gasteiger partial charge in [0.2, 0.25) is 0 Å². The summed E-state index contributed by atoms with van der Waals surface area (Å²) in [5.41, 5.74) is 0. The minimum Gasteiger partial charge on any atom is -0.439 e. The SMILES string of the molecule is O=C(O)[S+]1CCCO1. The molecule has 46 valence electrons. The Labute approximate surface area is 50.2 Å². The second-order valence-electron chi connectivity index (χ2n) is 1.49. The number of hydrogen-bond donors (Lipinski definition) is 1. The minimum absolute atomic E-state index is 0.620. The number of rotatable bonds is 0. The summed E-state index contributed by atoms with van der Waals surface area (Å²) in [7, 11) is 0. The van der Waals surface area contributed by atoms with E-state index in [9.17, 15) is 4.79 Å². The van der Waals surface area contributed by atoms with Crippen LogP contribution in [0.5, 0.6) is 0 Å². The van der Waals surface area contributed by atoms with Gasteiger partial charge in [0.05, 0.1) is 0 Å². The Kier molecular flexibility index (Phi) is 1.75. The summed E-state index contributed by atoms with van der Waals surface area (Å²) in [6, 6.07) is 0. The van der Waals surface area contributed by atoms with E-state index in [4.69, 9.17) is 9.29 Å². The molecule has 0 bridgehead atoms. The van der Waals surface area contributed by atoms with Gasteiger partial charge in [-0.1, -0.05) is 0 Å². The van der Waals surface area contributed by atoms with E-state index in [1.165, 1.54) is 0 Å². The van der Waals surface area contributed by atoms with Crippen LogP contribution in [0.15, 0.2) is 0 Å². The second-order valence-corrected chi connectivity index (χ2v) is 3.18. The van der Waals surface area contributed by atoms with Gasteiger partial charge >= 0.3 is 5.30 Å². The third-order valence-corrected chi connectivity index (χ3v) is 2.39. The quantitative estimate of drug-likeness (QED) is 0.495. The van der Waals surface area contributed by atoms with E-state index in [0.29, 0.717) is 12.4 Å². The smallest absolute Gasteiger partial charge is 0.439 e. The molecule has 0 aromatic rings. The van der Waals surface area contributed by atoms with Gasteiger partial charge in [0.25, 0.3) is 11.2 Å². The van der Waals surface area contributed by atoms with Crippen molar-refractivity contribution in [2.75, 3.05) is 12.4 Å². The molecule has 3 nitrogen and oxygen atoms in total. The molecule has 8 heavy (non-hydrogen) atoms. The highest BCUT2D eigenvalue weighted by molar-refractivity contribution is 8.06. The fourth-order valence-electron chi connectivity index (χ4n) is 0.546. The lowest BCUT2D eigenvalue weighted by molar-refractivity contribution is 0.218. The summed E-state index contributed by atoms with van der Waals surface area (Å²) >= 11 is -0.762. The van der Waals surface area contributed by atoms with Crippen molar-refractivity contribution in [1.29, 1.82) is 0 Å². The van der Waals surface area contributed by atoms with Crippen molar-refractivity contribution < 1.29 is 14.1 Å². The Morgan fingerprint density at radius 2 is 2.50 bits per heavy atom. The van der Waals surface area contributed by atoms with E-state index < -0.39 is 16.5 Å². The molecule has 1 aliphatic heterocycles. The van der Waals surface area contributed by atoms with E-state index in [2.05, 4.69) is 0 Å². The maximum Gasteiger partial charge on any atom is 0.558 e. The molecule has 1 atom stereocenters. The Hall–Kier alpha value is -0.220. The van der Waals surface area contributed by atoms with Crippen molar-refractivity contribution in [2.24, 2.45) is 0 Å². The molecule has 1 unspecified atom stereocenters. The van der Waals surface area contributed by atoms with Crippen LogP contribution < -0.4 is 0 Å². The number of carbonyl (C=O) groups is 1. The molecule has 0 aromatic carbocycles. The molecular weight excluding hydrogens is 128 g/mol. The molecule has 1 rings (SSSR count). The lowest BCUT2D eigenvalue weighted by Gasteiger charge is -1.83. The predicted molar refractivity (Wildman–Crippen MR) is 30.8 cm³/mol. The van der Waals surface area contributed by atoms with Crippen LogP contribution in [-0.2, 0) is 15.4 Å². The molecule has 0 amide bonds. The fraction of sp³-hybridized carbons (Fsp3) is 0.750. The van der Waals surface area contributed by atoms with E-state index in [1.807, 2.05) is 0 Å². The van der Waals surface area contributed by atoms with Gasteiger partial charge in [-0.25, -0.2) is 0 Å². The van der Waals surface area contributed by atoms with Crippen LogP contribution in [0.1, 0.15) is 6.42 Å². The van der Waals surface area contributed by atoms with E-state index >= 15 is 0 Å². The van der Waals surface area contributed by atoms with Gasteiger partial charge in [-0.15, -0.1) is 0 Å². The molecule has 1 aliphatic rings. The molecule has 0 aromatic heterocycles. The monoisotopic (exact) mass is 135 g/mol. The topological polar surface area (TPSA) is 46.5 Å². The van der Waals surface area contributed by atoms with Crippen molar-refractivity contribution in [1.82, 2.24) is 0 Å². The van der Waals surface area contributed by atoms with Crippen molar-refractivity contribution in [3.8, 4) is 0 Å². The zero-order valence-electron chi connectivity index (χ0n) is 4.29. The molecular formula is C4H7O3S+. The van der Waals surface area contributed by atoms with Crippen LogP contribution in [0.2, 0.25) is 0 Å². The van der Waals surface area contributed by atoms with Gasteiger partial charge in [0, 0.05) is 6.42 Å². The average Bonchev–Trinajstić information content (AvgIpc) is 2.12. The largest absolute Gasteiger partial charge is 0.558 e. The summed E-state index contributed by atoms with van der Waals surface area (Å²) in [6.07, 6.45) is 0.898. The summed E-state index contributed by atoms with van der Waals surface area (Å²) < 4.78 is 4.84. The molecule has 0 saturated carbocycles. The molecule has 0 radical (unpaired) electrons. The van der Waals surface area contributed by atoms with E-state index in [0.717, 1.165) is 6.42 Å². The molecule has 1 N–H and O–H groups in total. The molecule has 4 heteroatoms. The first-order valence-corrected chi connectivity index (χ1v) is 3.69. The van der Waals surface area contributed by atoms with Crippen LogP contribution in [-0.4, -0.2) is 22.8 Å². The van der Waals surface area contributed by atoms with Crippen molar-refractivity contribution >= 4 is 16.5 Å². The molecule has 1 saturated heterocycles. The van der Waals surface area contributed by atoms with E-state index in [1.54, 1.807) is 0 Å². The van der Waals surface area contributed by atoms with Crippen molar-refractivity contribution in [3.63, 3.8) is 0 Å². The second kappa shape index (κ2) is 2.37.